The lowest BCUT2D eigenvalue weighted by molar-refractivity contribution is -0.141. The quantitative estimate of drug-likeness (QED) is 0.0185. The molecule has 5 rings (SSSR count). The van der Waals surface area contributed by atoms with Gasteiger partial charge in [0.2, 0.25) is 76.5 Å². The molecule has 2 heterocycles. The molecular weight excluding hydrogens is 1460 g/mol. The number of rotatable bonds is 31. The second-order valence-corrected chi connectivity index (χ2v) is 31.8. The van der Waals surface area contributed by atoms with E-state index in [0.29, 0.717) is 68.1 Å². The van der Waals surface area contributed by atoms with E-state index >= 15 is 19.2 Å². The van der Waals surface area contributed by atoms with Gasteiger partial charge >= 0.3 is 0 Å². The number of aliphatic hydroxyl groups excluding tert-OH is 1. The molecule has 2 unspecified atom stereocenters. The second-order valence-electron chi connectivity index (χ2n) is 31.8. The summed E-state index contributed by atoms with van der Waals surface area (Å²) in [6.07, 6.45) is 7.98. The van der Waals surface area contributed by atoms with Crippen molar-refractivity contribution in [1.82, 2.24) is 69.0 Å². The number of aromatic amines is 1. The Balaban J connectivity index is 1.53. The van der Waals surface area contributed by atoms with Gasteiger partial charge < -0.3 is 74.1 Å². The summed E-state index contributed by atoms with van der Waals surface area (Å²) in [5.74, 6) is -12.2. The molecule has 4 aromatic rings. The fourth-order valence-corrected chi connectivity index (χ4v) is 13.5. The number of carbonyl (C=O) groups excluding carboxylic acids is 14. The molecule has 0 radical (unpaired) electrons. The lowest BCUT2D eigenvalue weighted by atomic mass is 9.87. The molecule has 30 nitrogen and oxygen atoms in total. The Hall–Kier alpha value is -10.2. The summed E-state index contributed by atoms with van der Waals surface area (Å²) in [6, 6.07) is 8.92. The number of H-pyrrole nitrogens is 1. The van der Waals surface area contributed by atoms with Crippen molar-refractivity contribution in [3.05, 3.63) is 114 Å². The number of Topliss-reactive ketones (excluding diaryl/α,β-unsaturated/α-hetero) is 3. The number of phenolic OH excluding ortho intramolecular Hbond substituents is 1. The molecule has 0 saturated heterocycles. The van der Waals surface area contributed by atoms with Crippen LogP contribution in [0.25, 0.3) is 10.9 Å². The zero-order chi connectivity index (χ0) is 84.7. The highest BCUT2D eigenvalue weighted by Crippen LogP contribution is 2.26. The maximum Gasteiger partial charge on any atom is 0.246 e. The predicted octanol–water partition coefficient (Wildman–Crippen LogP) is 4.65. The van der Waals surface area contributed by atoms with Gasteiger partial charge in [-0.2, -0.15) is 0 Å². The molecule has 0 aliphatic carbocycles. The smallest absolute Gasteiger partial charge is 0.246 e. The molecule has 0 fully saturated rings. The number of allylic oxidation sites excluding steroid dienone is 2. The van der Waals surface area contributed by atoms with Crippen LogP contribution < -0.4 is 69.8 Å². The summed E-state index contributed by atoms with van der Waals surface area (Å²) in [7, 11) is 0. The Morgan fingerprint density at radius 3 is 1.87 bits per heavy atom. The third kappa shape index (κ3) is 30.0. The van der Waals surface area contributed by atoms with Crippen molar-refractivity contribution < 1.29 is 77.3 Å². The fourth-order valence-electron chi connectivity index (χ4n) is 13.5. The molecule has 30 heteroatoms. The number of carbonyl (C=O) groups is 14. The van der Waals surface area contributed by atoms with Crippen LogP contribution in [-0.2, 0) is 86.4 Å². The van der Waals surface area contributed by atoms with Crippen LogP contribution in [0.15, 0.2) is 97.2 Å². The highest BCUT2D eigenvalue weighted by Gasteiger charge is 2.43. The molecule has 11 amide bonds. The number of amides is 11. The number of benzene rings is 3. The Labute approximate surface area is 669 Å². The van der Waals surface area contributed by atoms with Gasteiger partial charge in [-0.05, 0) is 159 Å². The Morgan fingerprint density at radius 1 is 0.596 bits per heavy atom. The molecule has 15 atom stereocenters. The van der Waals surface area contributed by atoms with Gasteiger partial charge in [-0.1, -0.05) is 140 Å². The number of para-hydroxylation sites is 1. The third-order valence-electron chi connectivity index (χ3n) is 20.7. The molecule has 17 N–H and O–H groups in total. The molecule has 0 bridgehead atoms. The SMILES string of the molecule is CC[C@H](C)[C@H](NN[C@H](C)C(N)=O)C(=O)C(=O)C(C)NC(=O)[C@H](C)NC(=O)[C@]1(C)CCC/C=C/CCCCCC[C@@](C)(NC(=O)[C@H](Cc2ccccc2)NC(=O)[C@@H](NC(=O)[C@H](CC(C)C)NC(C)=O)[C@@H](C)O)C(=O)NC(C)C(=O)N[C@@H](Cc2ccc(O)cc2)C(=O)N[C@@H](Cc2c[nH]c3ccccc23)C(=O)CC[C@@H](CC(C)C)C(=O)N1. The number of primary amides is 1. The molecule has 114 heavy (non-hydrogen) atoms. The molecule has 626 valence electrons. The standard InChI is InChI=1S/C84H124N14O16/c1-15-50(6)69(98-97-52(8)73(85)105)72(104)71(103)51(7)87-74(106)53(9)88-81(113)83(13)40-28-21-19-17-16-18-20-22-29-41-84(14,96-79(111)67(44-57-30-24-23-25-31-57)93-80(112)70(55(11)99)94-78(110)65(43-49(4)5)90-56(12)100)82(114)89-54(10)75(107)92-66(45-58-34-37-61(101)38-35-58)77(109)91-64(46-60-47-86-63-33-27-26-32-62(60)63)68(102)39-36-59(42-48(2)3)76(108)95-83/h17,19,23-27,30-35,37-38,47-55,59,64-67,69-70,86,97-99,101H,15-16,18,20-22,28-29,36,39-46H2,1-14H3,(H2,85,105)(H,87,106)(H,88,113)(H,89,114)(H,90,100)(H,91,109)(H,92,107)(H,93,112)(H,94,110)(H,95,108)(H,96,111)/b19-17+/t50-,51?,52+,53-,54?,55+,59-,64-,65-,66-,67-,69-,70-,83-,84+/m0/s1. The van der Waals surface area contributed by atoms with Crippen molar-refractivity contribution >= 4 is 93.2 Å². The number of aromatic nitrogens is 1. The summed E-state index contributed by atoms with van der Waals surface area (Å²) in [4.78, 5) is 202. The maximum atomic E-state index is 15.2. The first-order valence-electron chi connectivity index (χ1n) is 39.9. The van der Waals surface area contributed by atoms with Gasteiger partial charge in [-0.3, -0.25) is 67.1 Å². The van der Waals surface area contributed by atoms with Crippen LogP contribution in [0.3, 0.4) is 0 Å². The first-order valence-corrected chi connectivity index (χ1v) is 39.9. The zero-order valence-corrected chi connectivity index (χ0v) is 68.6. The number of nitrogens with one attached hydrogen (secondary N) is 13. The maximum absolute atomic E-state index is 15.2. The van der Waals surface area contributed by atoms with Gasteiger partial charge in [-0.25, -0.2) is 10.9 Å². The number of hydrogen-bond donors (Lipinski definition) is 16. The van der Waals surface area contributed by atoms with Crippen molar-refractivity contribution in [3.8, 4) is 5.75 Å². The first kappa shape index (κ1) is 94.4. The second kappa shape index (κ2) is 45.6. The largest absolute Gasteiger partial charge is 0.508 e. The van der Waals surface area contributed by atoms with Crippen LogP contribution in [0.2, 0.25) is 0 Å². The third-order valence-corrected chi connectivity index (χ3v) is 20.7. The Morgan fingerprint density at radius 2 is 1.24 bits per heavy atom. The summed E-state index contributed by atoms with van der Waals surface area (Å²) >= 11 is 0. The van der Waals surface area contributed by atoms with Crippen LogP contribution in [0.1, 0.15) is 204 Å². The molecule has 1 aliphatic rings. The van der Waals surface area contributed by atoms with Crippen molar-refractivity contribution in [2.45, 2.75) is 284 Å². The average Bonchev–Trinajstić information content (AvgIpc) is 1.29. The number of aromatic hydroxyl groups is 1. The van der Waals surface area contributed by atoms with Gasteiger partial charge in [0.1, 0.15) is 53.1 Å². The average molecular weight is 1590 g/mol. The number of hydrogen-bond acceptors (Lipinski definition) is 18. The van der Waals surface area contributed by atoms with E-state index < -0.39 is 172 Å². The van der Waals surface area contributed by atoms with Crippen LogP contribution in [-0.4, -0.2) is 175 Å². The first-order chi connectivity index (χ1) is 53.8. The van der Waals surface area contributed by atoms with Crippen molar-refractivity contribution in [1.29, 1.82) is 0 Å². The normalized spacial score (nSPS) is 22.3. The van der Waals surface area contributed by atoms with E-state index in [2.05, 4.69) is 69.0 Å². The minimum atomic E-state index is -1.82. The molecule has 1 aromatic heterocycles. The van der Waals surface area contributed by atoms with E-state index in [0.717, 1.165) is 10.9 Å². The minimum absolute atomic E-state index is 0.00815. The summed E-state index contributed by atoms with van der Waals surface area (Å²) in [6.45, 7) is 22.1. The highest BCUT2D eigenvalue weighted by molar-refractivity contribution is 6.41. The van der Waals surface area contributed by atoms with Crippen LogP contribution in [0.4, 0.5) is 0 Å². The minimum Gasteiger partial charge on any atom is -0.508 e. The predicted molar refractivity (Wildman–Crippen MR) is 432 cm³/mol. The highest BCUT2D eigenvalue weighted by atomic mass is 16.3. The van der Waals surface area contributed by atoms with Crippen molar-refractivity contribution in [2.24, 2.45) is 29.4 Å². The lowest BCUT2D eigenvalue weighted by Crippen LogP contribution is -2.64. The van der Waals surface area contributed by atoms with Crippen LogP contribution in [0, 0.1) is 23.7 Å². The van der Waals surface area contributed by atoms with E-state index in [1.54, 1.807) is 55.6 Å². The van der Waals surface area contributed by atoms with Gasteiger partial charge in [0.15, 0.2) is 5.78 Å². The van der Waals surface area contributed by atoms with Crippen LogP contribution in [0.5, 0.6) is 5.75 Å². The van der Waals surface area contributed by atoms with Gasteiger partial charge in [0.05, 0.1) is 30.3 Å². The summed E-state index contributed by atoms with van der Waals surface area (Å²) in [5.41, 5.74) is 9.75. The van der Waals surface area contributed by atoms with E-state index in [1.165, 1.54) is 67.5 Å². The number of hydrazine groups is 1. The molecule has 1 aliphatic heterocycles. The van der Waals surface area contributed by atoms with Crippen molar-refractivity contribution in [3.63, 3.8) is 0 Å². The Bertz CT molecular complexity index is 3980. The summed E-state index contributed by atoms with van der Waals surface area (Å²) in [5, 5.41) is 49.5. The topological polar surface area (TPSA) is 466 Å². The summed E-state index contributed by atoms with van der Waals surface area (Å²) < 4.78 is 0. The number of phenols is 1. The lowest BCUT2D eigenvalue weighted by Gasteiger charge is -2.33. The number of nitrogens with two attached hydrogens (primary N) is 1. The van der Waals surface area contributed by atoms with Gasteiger partial charge in [-0.15, -0.1) is 0 Å². The molecular formula is C84H124N14O16. The fraction of sp³-hybridized carbons (Fsp3) is 0.571. The number of ketones is 3. The van der Waals surface area contributed by atoms with E-state index in [1.807, 2.05) is 71.0 Å². The zero-order valence-electron chi connectivity index (χ0n) is 68.6. The number of fused-ring (bicyclic) bond motifs is 1. The molecule has 0 spiro atoms. The monoisotopic (exact) mass is 1580 g/mol. The van der Waals surface area contributed by atoms with Crippen LogP contribution >= 0.6 is 0 Å². The van der Waals surface area contributed by atoms with E-state index in [9.17, 15) is 58.2 Å². The van der Waals surface area contributed by atoms with Gasteiger partial charge in [0.25, 0.3) is 0 Å². The molecule has 0 saturated carbocycles. The van der Waals surface area contributed by atoms with E-state index in [4.69, 9.17) is 5.73 Å². The van der Waals surface area contributed by atoms with Gasteiger partial charge in [0, 0.05) is 55.6 Å². The van der Waals surface area contributed by atoms with Crippen molar-refractivity contribution in [2.75, 3.05) is 0 Å². The van der Waals surface area contributed by atoms with E-state index in [-0.39, 0.29) is 75.4 Å². The molecule has 3 aromatic carbocycles. The Kier molecular flexibility index (Phi) is 37.8. The number of aliphatic hydroxyl groups is 1.